The number of halogens is 2. The first-order chi connectivity index (χ1) is 8.90. The zero-order valence-corrected chi connectivity index (χ0v) is 12.8. The van der Waals surface area contributed by atoms with Crippen LogP contribution in [0.25, 0.3) is 0 Å². The minimum Gasteiger partial charge on any atom is -0.336 e. The van der Waals surface area contributed by atoms with Crippen molar-refractivity contribution in [3.8, 4) is 0 Å². The minimum absolute atomic E-state index is 0.120. The summed E-state index contributed by atoms with van der Waals surface area (Å²) in [7, 11) is -3.33. The minimum atomic E-state index is -3.33. The Morgan fingerprint density at radius 1 is 1.21 bits per heavy atom. The van der Waals surface area contributed by atoms with E-state index in [0.717, 1.165) is 6.26 Å². The predicted molar refractivity (Wildman–Crippen MR) is 76.9 cm³/mol. The monoisotopic (exact) mass is 323 g/mol. The molecule has 106 valence electrons. The van der Waals surface area contributed by atoms with Crippen LogP contribution in [-0.4, -0.2) is 50.3 Å². The Hall–Kier alpha value is -0.780. The van der Waals surface area contributed by atoms with Gasteiger partial charge in [-0.25, -0.2) is 8.42 Å². The number of rotatable bonds is 6. The van der Waals surface area contributed by atoms with E-state index in [1.807, 2.05) is 0 Å². The molecule has 19 heavy (non-hydrogen) atoms. The summed E-state index contributed by atoms with van der Waals surface area (Å²) < 4.78 is 22.9. The van der Waals surface area contributed by atoms with Crippen molar-refractivity contribution < 1.29 is 13.2 Å². The van der Waals surface area contributed by atoms with Gasteiger partial charge in [-0.05, 0) is 18.2 Å². The van der Waals surface area contributed by atoms with E-state index in [1.165, 1.54) is 17.0 Å². The maximum Gasteiger partial charge on any atom is 0.253 e. The molecule has 0 saturated heterocycles. The van der Waals surface area contributed by atoms with E-state index in [-0.39, 0.29) is 10.8 Å². The number of hydrogen-bond donors (Lipinski definition) is 0. The van der Waals surface area contributed by atoms with E-state index in [9.17, 15) is 13.2 Å². The van der Waals surface area contributed by atoms with E-state index in [1.54, 1.807) is 12.1 Å². The van der Waals surface area contributed by atoms with E-state index in [4.69, 9.17) is 23.2 Å². The molecule has 0 aromatic heterocycles. The first-order valence-electron chi connectivity index (χ1n) is 5.61. The molecule has 0 saturated carbocycles. The SMILES string of the molecule is CS(=O)(=O)c1cccc(C(=O)N(CCCl)CCCl)c1. The molecule has 0 unspecified atom stereocenters. The number of carbonyl (C=O) groups is 1. The Kier molecular flexibility index (Phi) is 6.10. The number of carbonyl (C=O) groups excluding carboxylic acids is 1. The fraction of sp³-hybridized carbons (Fsp3) is 0.417. The van der Waals surface area contributed by atoms with E-state index >= 15 is 0 Å². The molecule has 0 fully saturated rings. The summed E-state index contributed by atoms with van der Waals surface area (Å²) in [5, 5.41) is 0. The summed E-state index contributed by atoms with van der Waals surface area (Å²) in [6.45, 7) is 0.742. The van der Waals surface area contributed by atoms with Crippen molar-refractivity contribution in [2.75, 3.05) is 31.1 Å². The number of sulfone groups is 1. The van der Waals surface area contributed by atoms with Gasteiger partial charge in [-0.2, -0.15) is 0 Å². The van der Waals surface area contributed by atoms with Crippen LogP contribution in [0.5, 0.6) is 0 Å². The Bertz CT molecular complexity index is 540. The molecule has 1 aromatic rings. The second kappa shape index (κ2) is 7.12. The summed E-state index contributed by atoms with van der Waals surface area (Å²) in [6.07, 6.45) is 1.10. The average Bonchev–Trinajstić information content (AvgIpc) is 2.37. The number of benzene rings is 1. The van der Waals surface area contributed by atoms with Crippen LogP contribution in [0.3, 0.4) is 0 Å². The maximum absolute atomic E-state index is 12.2. The third kappa shape index (κ3) is 4.67. The topological polar surface area (TPSA) is 54.5 Å². The summed E-state index contributed by atoms with van der Waals surface area (Å²) in [5.74, 6) is 0.329. The van der Waals surface area contributed by atoms with Crippen molar-refractivity contribution >= 4 is 38.9 Å². The maximum atomic E-state index is 12.2. The van der Waals surface area contributed by atoms with Gasteiger partial charge in [-0.15, -0.1) is 23.2 Å². The number of nitrogens with zero attached hydrogens (tertiary/aromatic N) is 1. The van der Waals surface area contributed by atoms with Gasteiger partial charge in [0.2, 0.25) is 0 Å². The molecule has 1 amide bonds. The standard InChI is InChI=1S/C12H15Cl2NO3S/c1-19(17,18)11-4-2-3-10(9-11)12(16)15(7-5-13)8-6-14/h2-4,9H,5-8H2,1H3. The average molecular weight is 324 g/mol. The van der Waals surface area contributed by atoms with Gasteiger partial charge in [0.15, 0.2) is 9.84 Å². The van der Waals surface area contributed by atoms with Gasteiger partial charge in [0.25, 0.3) is 5.91 Å². The van der Waals surface area contributed by atoms with Crippen LogP contribution in [0.15, 0.2) is 29.2 Å². The number of amides is 1. The van der Waals surface area contributed by atoms with Crippen molar-refractivity contribution in [2.45, 2.75) is 4.90 Å². The molecular formula is C12H15Cl2NO3S. The van der Waals surface area contributed by atoms with Gasteiger partial charge >= 0.3 is 0 Å². The van der Waals surface area contributed by atoms with Gasteiger partial charge < -0.3 is 4.90 Å². The molecule has 1 rings (SSSR count). The summed E-state index contributed by atoms with van der Waals surface area (Å²) in [5.41, 5.74) is 0.318. The molecule has 0 N–H and O–H groups in total. The Balaban J connectivity index is 3.04. The quantitative estimate of drug-likeness (QED) is 0.752. The second-order valence-electron chi connectivity index (χ2n) is 3.97. The van der Waals surface area contributed by atoms with Crippen LogP contribution >= 0.6 is 23.2 Å². The van der Waals surface area contributed by atoms with Gasteiger partial charge in [0.05, 0.1) is 4.90 Å². The van der Waals surface area contributed by atoms with Gasteiger partial charge in [0.1, 0.15) is 0 Å². The zero-order valence-electron chi connectivity index (χ0n) is 10.5. The van der Waals surface area contributed by atoms with Gasteiger partial charge in [-0.3, -0.25) is 4.79 Å². The molecule has 4 nitrogen and oxygen atoms in total. The second-order valence-corrected chi connectivity index (χ2v) is 6.74. The third-order valence-corrected chi connectivity index (χ3v) is 3.95. The van der Waals surface area contributed by atoms with Crippen LogP contribution in [0.1, 0.15) is 10.4 Å². The van der Waals surface area contributed by atoms with E-state index in [0.29, 0.717) is 30.4 Å². The lowest BCUT2D eigenvalue weighted by atomic mass is 10.2. The summed E-state index contributed by atoms with van der Waals surface area (Å²) in [4.78, 5) is 13.8. The van der Waals surface area contributed by atoms with Gasteiger partial charge in [-0.1, -0.05) is 6.07 Å². The molecule has 0 aliphatic carbocycles. The highest BCUT2D eigenvalue weighted by atomic mass is 35.5. The van der Waals surface area contributed by atoms with Crippen molar-refractivity contribution in [1.82, 2.24) is 4.90 Å². The van der Waals surface area contributed by atoms with Crippen molar-refractivity contribution in [2.24, 2.45) is 0 Å². The van der Waals surface area contributed by atoms with Crippen LogP contribution in [0.2, 0.25) is 0 Å². The smallest absolute Gasteiger partial charge is 0.253 e. The lowest BCUT2D eigenvalue weighted by Gasteiger charge is -2.20. The molecule has 0 heterocycles. The molecule has 0 atom stereocenters. The van der Waals surface area contributed by atoms with Crippen molar-refractivity contribution in [3.05, 3.63) is 29.8 Å². The first kappa shape index (κ1) is 16.3. The summed E-state index contributed by atoms with van der Waals surface area (Å²) >= 11 is 11.3. The molecule has 0 radical (unpaired) electrons. The lowest BCUT2D eigenvalue weighted by Crippen LogP contribution is -2.34. The highest BCUT2D eigenvalue weighted by molar-refractivity contribution is 7.90. The fourth-order valence-electron chi connectivity index (χ4n) is 1.56. The van der Waals surface area contributed by atoms with Crippen LogP contribution in [0, 0.1) is 0 Å². The molecular weight excluding hydrogens is 309 g/mol. The first-order valence-corrected chi connectivity index (χ1v) is 8.57. The normalized spacial score (nSPS) is 11.3. The number of hydrogen-bond acceptors (Lipinski definition) is 3. The van der Waals surface area contributed by atoms with Crippen molar-refractivity contribution in [1.29, 1.82) is 0 Å². The molecule has 0 bridgehead atoms. The predicted octanol–water partition coefficient (Wildman–Crippen LogP) is 2.01. The highest BCUT2D eigenvalue weighted by Crippen LogP contribution is 2.13. The fourth-order valence-corrected chi connectivity index (χ4v) is 2.64. The molecule has 7 heteroatoms. The zero-order chi connectivity index (χ0) is 14.5. The van der Waals surface area contributed by atoms with E-state index < -0.39 is 9.84 Å². The molecule has 1 aromatic carbocycles. The number of alkyl halides is 2. The summed E-state index contributed by atoms with van der Waals surface area (Å²) in [6, 6.07) is 5.95. The van der Waals surface area contributed by atoms with Crippen LogP contribution < -0.4 is 0 Å². The van der Waals surface area contributed by atoms with Crippen molar-refractivity contribution in [3.63, 3.8) is 0 Å². The Morgan fingerprint density at radius 3 is 2.26 bits per heavy atom. The largest absolute Gasteiger partial charge is 0.336 e. The molecule has 0 spiro atoms. The molecule has 0 aliphatic rings. The Labute approximate surface area is 123 Å². The Morgan fingerprint density at radius 2 is 1.79 bits per heavy atom. The third-order valence-electron chi connectivity index (χ3n) is 2.51. The lowest BCUT2D eigenvalue weighted by molar-refractivity contribution is 0.0775. The highest BCUT2D eigenvalue weighted by Gasteiger charge is 2.17. The van der Waals surface area contributed by atoms with E-state index in [2.05, 4.69) is 0 Å². The molecule has 0 aliphatic heterocycles. The van der Waals surface area contributed by atoms with Crippen LogP contribution in [0.4, 0.5) is 0 Å². The van der Waals surface area contributed by atoms with Crippen LogP contribution in [-0.2, 0) is 9.84 Å². The van der Waals surface area contributed by atoms with Gasteiger partial charge in [0, 0.05) is 36.7 Å².